The van der Waals surface area contributed by atoms with Crippen LogP contribution in [0.1, 0.15) is 12.5 Å². The fraction of sp³-hybridized carbons (Fsp3) is 0.182. The molecule has 0 unspecified atom stereocenters. The summed E-state index contributed by atoms with van der Waals surface area (Å²) in [5.74, 6) is 0.132. The Bertz CT molecular complexity index is 1040. The summed E-state index contributed by atoms with van der Waals surface area (Å²) < 4.78 is 16.4. The average molecular weight is 458 g/mol. The van der Waals surface area contributed by atoms with Crippen LogP contribution >= 0.6 is 15.9 Å². The third-order valence-corrected chi connectivity index (χ3v) is 5.07. The quantitative estimate of drug-likeness (QED) is 0.493. The number of carbonyl (C=O) groups excluding carboxylic acids is 2. The van der Waals surface area contributed by atoms with E-state index in [1.807, 2.05) is 24.3 Å². The second-order valence-electron chi connectivity index (χ2n) is 6.24. The number of hydrogen-bond acceptors (Lipinski definition) is 5. The Morgan fingerprint density at radius 2 is 1.76 bits per heavy atom. The molecular formula is C22H20BrNO5. The Labute approximate surface area is 177 Å². The summed E-state index contributed by atoms with van der Waals surface area (Å²) in [6.45, 7) is 1.71. The Morgan fingerprint density at radius 3 is 2.38 bits per heavy atom. The van der Waals surface area contributed by atoms with Crippen molar-refractivity contribution in [1.29, 1.82) is 0 Å². The van der Waals surface area contributed by atoms with Crippen molar-refractivity contribution >= 4 is 39.6 Å². The first-order chi connectivity index (χ1) is 13.9. The molecule has 0 spiro atoms. The Morgan fingerprint density at radius 1 is 1.03 bits per heavy atom. The molecule has 150 valence electrons. The van der Waals surface area contributed by atoms with Gasteiger partial charge in [-0.3, -0.25) is 9.69 Å². The predicted octanol–water partition coefficient (Wildman–Crippen LogP) is 4.34. The number of esters is 1. The molecule has 0 saturated heterocycles. The largest absolute Gasteiger partial charge is 0.493 e. The normalized spacial score (nSPS) is 15.1. The molecule has 1 aliphatic rings. The third kappa shape index (κ3) is 3.91. The predicted molar refractivity (Wildman–Crippen MR) is 114 cm³/mol. The molecule has 0 fully saturated rings. The van der Waals surface area contributed by atoms with Crippen molar-refractivity contribution in [1.82, 2.24) is 0 Å². The third-order valence-electron chi connectivity index (χ3n) is 4.57. The van der Waals surface area contributed by atoms with Gasteiger partial charge < -0.3 is 14.2 Å². The minimum absolute atomic E-state index is 0.229. The molecule has 0 bridgehead atoms. The van der Waals surface area contributed by atoms with Crippen molar-refractivity contribution in [3.8, 4) is 11.5 Å². The van der Waals surface area contributed by atoms with Gasteiger partial charge in [-0.1, -0.05) is 28.1 Å². The molecule has 2 aromatic rings. The molecule has 0 atom stereocenters. The summed E-state index contributed by atoms with van der Waals surface area (Å²) in [5.41, 5.74) is 2.32. The Kier molecular flexibility index (Phi) is 6.08. The van der Waals surface area contributed by atoms with Crippen LogP contribution in [0.3, 0.4) is 0 Å². The van der Waals surface area contributed by atoms with Crippen LogP contribution in [0.25, 0.3) is 6.08 Å². The first-order valence-electron chi connectivity index (χ1n) is 8.74. The molecule has 1 amide bonds. The zero-order valence-electron chi connectivity index (χ0n) is 16.5. The van der Waals surface area contributed by atoms with Gasteiger partial charge in [-0.15, -0.1) is 0 Å². The van der Waals surface area contributed by atoms with Crippen LogP contribution in [0.4, 0.5) is 5.69 Å². The monoisotopic (exact) mass is 457 g/mol. The molecular weight excluding hydrogens is 438 g/mol. The van der Waals surface area contributed by atoms with Gasteiger partial charge >= 0.3 is 5.97 Å². The van der Waals surface area contributed by atoms with Gasteiger partial charge in [0.15, 0.2) is 11.5 Å². The molecule has 29 heavy (non-hydrogen) atoms. The van der Waals surface area contributed by atoms with Gasteiger partial charge in [0.2, 0.25) is 0 Å². The van der Waals surface area contributed by atoms with Gasteiger partial charge in [-0.25, -0.2) is 4.79 Å². The number of anilines is 1. The standard InChI is InChI=1S/C22H20BrNO5/c1-13-20(22(26)29-4)17(11-14-6-5-7-15(23)10-14)21(25)24(13)16-8-9-18(27-2)19(12-16)28-3/h5-12H,1-4H3. The van der Waals surface area contributed by atoms with Crippen LogP contribution in [0, 0.1) is 0 Å². The van der Waals surface area contributed by atoms with E-state index >= 15 is 0 Å². The number of hydrogen-bond donors (Lipinski definition) is 0. The highest BCUT2D eigenvalue weighted by molar-refractivity contribution is 9.10. The molecule has 0 aliphatic carbocycles. The summed E-state index contributed by atoms with van der Waals surface area (Å²) in [7, 11) is 4.36. The van der Waals surface area contributed by atoms with Crippen molar-refractivity contribution in [3.63, 3.8) is 0 Å². The Balaban J connectivity index is 2.14. The van der Waals surface area contributed by atoms with Gasteiger partial charge in [0, 0.05) is 16.2 Å². The number of ether oxygens (including phenoxy) is 3. The second kappa shape index (κ2) is 8.53. The van der Waals surface area contributed by atoms with Crippen molar-refractivity contribution in [2.45, 2.75) is 6.92 Å². The lowest BCUT2D eigenvalue weighted by molar-refractivity contribution is -0.136. The van der Waals surface area contributed by atoms with E-state index in [9.17, 15) is 9.59 Å². The van der Waals surface area contributed by atoms with E-state index in [2.05, 4.69) is 15.9 Å². The fourth-order valence-corrected chi connectivity index (χ4v) is 3.63. The summed E-state index contributed by atoms with van der Waals surface area (Å²) in [6.07, 6.45) is 1.68. The van der Waals surface area contributed by atoms with E-state index < -0.39 is 5.97 Å². The molecule has 1 aliphatic heterocycles. The van der Waals surface area contributed by atoms with E-state index in [-0.39, 0.29) is 17.1 Å². The molecule has 0 aromatic heterocycles. The smallest absolute Gasteiger partial charge is 0.340 e. The van der Waals surface area contributed by atoms with Crippen molar-refractivity contribution in [2.75, 3.05) is 26.2 Å². The molecule has 0 saturated carbocycles. The van der Waals surface area contributed by atoms with E-state index in [1.54, 1.807) is 31.2 Å². The van der Waals surface area contributed by atoms with Crippen molar-refractivity contribution in [2.24, 2.45) is 0 Å². The molecule has 6 nitrogen and oxygen atoms in total. The van der Waals surface area contributed by atoms with Crippen LogP contribution in [-0.4, -0.2) is 33.2 Å². The highest BCUT2D eigenvalue weighted by atomic mass is 79.9. The number of amides is 1. The molecule has 3 rings (SSSR count). The van der Waals surface area contributed by atoms with Crippen molar-refractivity contribution < 1.29 is 23.8 Å². The highest BCUT2D eigenvalue weighted by Gasteiger charge is 2.38. The minimum Gasteiger partial charge on any atom is -0.493 e. The lowest BCUT2D eigenvalue weighted by atomic mass is 10.0. The molecule has 0 radical (unpaired) electrons. The van der Waals surface area contributed by atoms with Crippen LogP contribution in [0.15, 0.2) is 63.8 Å². The van der Waals surface area contributed by atoms with Crippen molar-refractivity contribution in [3.05, 3.63) is 69.3 Å². The maximum atomic E-state index is 13.3. The van der Waals surface area contributed by atoms with Gasteiger partial charge in [-0.05, 0) is 42.8 Å². The number of halogens is 1. The number of allylic oxidation sites excluding steroid dienone is 1. The maximum absolute atomic E-state index is 13.3. The second-order valence-corrected chi connectivity index (χ2v) is 7.16. The van der Waals surface area contributed by atoms with Crippen LogP contribution in [-0.2, 0) is 14.3 Å². The zero-order chi connectivity index (χ0) is 21.1. The summed E-state index contributed by atoms with van der Waals surface area (Å²) in [4.78, 5) is 27.3. The van der Waals surface area contributed by atoms with Gasteiger partial charge in [0.1, 0.15) is 0 Å². The number of benzene rings is 2. The van der Waals surface area contributed by atoms with E-state index in [0.717, 1.165) is 10.0 Å². The van der Waals surface area contributed by atoms with Gasteiger partial charge in [-0.2, -0.15) is 0 Å². The SMILES string of the molecule is COC(=O)C1=C(C)N(c2ccc(OC)c(OC)c2)C(=O)C1=Cc1cccc(Br)c1. The van der Waals surface area contributed by atoms with Crippen LogP contribution in [0.5, 0.6) is 11.5 Å². The topological polar surface area (TPSA) is 65.1 Å². The van der Waals surface area contributed by atoms with Gasteiger partial charge in [0.05, 0.1) is 38.2 Å². The summed E-state index contributed by atoms with van der Waals surface area (Å²) in [6, 6.07) is 12.6. The van der Waals surface area contributed by atoms with Crippen LogP contribution in [0.2, 0.25) is 0 Å². The lowest BCUT2D eigenvalue weighted by Gasteiger charge is -2.19. The average Bonchev–Trinajstić information content (AvgIpc) is 2.96. The zero-order valence-corrected chi connectivity index (χ0v) is 18.1. The van der Waals surface area contributed by atoms with E-state index in [0.29, 0.717) is 22.9 Å². The first kappa shape index (κ1) is 20.7. The lowest BCUT2D eigenvalue weighted by Crippen LogP contribution is -2.24. The molecule has 1 heterocycles. The fourth-order valence-electron chi connectivity index (χ4n) is 3.22. The number of carbonyl (C=O) groups is 2. The summed E-state index contributed by atoms with van der Waals surface area (Å²) in [5, 5.41) is 0. The number of rotatable bonds is 5. The van der Waals surface area contributed by atoms with Crippen LogP contribution < -0.4 is 14.4 Å². The summed E-state index contributed by atoms with van der Waals surface area (Å²) >= 11 is 3.42. The highest BCUT2D eigenvalue weighted by Crippen LogP contribution is 2.39. The number of methoxy groups -OCH3 is 3. The molecule has 2 aromatic carbocycles. The number of nitrogens with zero attached hydrogens (tertiary/aromatic N) is 1. The minimum atomic E-state index is -0.569. The van der Waals surface area contributed by atoms with E-state index in [1.165, 1.54) is 26.2 Å². The Hall–Kier alpha value is -3.06. The first-order valence-corrected chi connectivity index (χ1v) is 9.53. The maximum Gasteiger partial charge on any atom is 0.340 e. The molecule has 0 N–H and O–H groups in total. The van der Waals surface area contributed by atoms with E-state index in [4.69, 9.17) is 14.2 Å². The van der Waals surface area contributed by atoms with Gasteiger partial charge in [0.25, 0.3) is 5.91 Å². The molecule has 7 heteroatoms.